The number of nitrogens with zero attached hydrogens (tertiary/aromatic N) is 1. The minimum Gasteiger partial charge on any atom is -0.491 e. The van der Waals surface area contributed by atoms with E-state index in [1.807, 2.05) is 56.9 Å². The molecule has 8 heteroatoms. The number of aliphatic hydroxyl groups excluding tert-OH is 2. The molecule has 0 aromatic heterocycles. The van der Waals surface area contributed by atoms with Crippen LogP contribution in [0.2, 0.25) is 0 Å². The monoisotopic (exact) mass is 429 g/mol. The Kier molecular flexibility index (Phi) is 8.34. The molecule has 0 amide bonds. The predicted octanol–water partition coefficient (Wildman–Crippen LogP) is 1.72. The van der Waals surface area contributed by atoms with Gasteiger partial charge in [0.2, 0.25) is 0 Å². The van der Waals surface area contributed by atoms with E-state index in [4.69, 9.17) is 9.47 Å². The fourth-order valence-corrected chi connectivity index (χ4v) is 4.61. The number of benzene rings is 1. The van der Waals surface area contributed by atoms with Crippen molar-refractivity contribution >= 4 is 15.5 Å². The fourth-order valence-electron chi connectivity index (χ4n) is 3.41. The lowest BCUT2D eigenvalue weighted by Gasteiger charge is -2.33. The zero-order valence-electron chi connectivity index (χ0n) is 17.9. The summed E-state index contributed by atoms with van der Waals surface area (Å²) in [6.45, 7) is 9.41. The summed E-state index contributed by atoms with van der Waals surface area (Å²) in [5, 5.41) is 20.3. The Bertz CT molecular complexity index is 718. The molecule has 1 saturated heterocycles. The van der Waals surface area contributed by atoms with Gasteiger partial charge in [0.15, 0.2) is 9.84 Å². The third kappa shape index (κ3) is 7.44. The summed E-state index contributed by atoms with van der Waals surface area (Å²) < 4.78 is 34.3. The minimum atomic E-state index is -2.90. The van der Waals surface area contributed by atoms with Gasteiger partial charge in [-0.15, -0.1) is 0 Å². The summed E-state index contributed by atoms with van der Waals surface area (Å²) in [6, 6.07) is 7.42. The second-order valence-corrected chi connectivity index (χ2v) is 11.1. The zero-order valence-corrected chi connectivity index (χ0v) is 18.7. The lowest BCUT2D eigenvalue weighted by atomic mass is 9.81. The fraction of sp³-hybridized carbons (Fsp3) is 0.714. The quantitative estimate of drug-likeness (QED) is 0.585. The predicted molar refractivity (Wildman–Crippen MR) is 114 cm³/mol. The molecule has 2 N–H and O–H groups in total. The Morgan fingerprint density at radius 1 is 1.07 bits per heavy atom. The van der Waals surface area contributed by atoms with Gasteiger partial charge in [0.1, 0.15) is 18.5 Å². The first-order chi connectivity index (χ1) is 13.5. The standard InChI is InChI=1S/C21H35NO6S/c1-16(2)20(24)21(3,4)15-27-13-18(23)14-28-19-7-5-17(6-8-19)22-9-11-29(25,26)12-10-22/h5-8,16,18,20,23-24H,9-15H2,1-4H3. The molecule has 0 spiro atoms. The van der Waals surface area contributed by atoms with Crippen molar-refractivity contribution in [3.8, 4) is 5.75 Å². The molecule has 0 bridgehead atoms. The van der Waals surface area contributed by atoms with Crippen LogP contribution in [0.5, 0.6) is 5.75 Å². The first-order valence-electron chi connectivity index (χ1n) is 10.1. The smallest absolute Gasteiger partial charge is 0.153 e. The highest BCUT2D eigenvalue weighted by molar-refractivity contribution is 7.91. The maximum absolute atomic E-state index is 11.5. The van der Waals surface area contributed by atoms with Crippen LogP contribution in [0.1, 0.15) is 27.7 Å². The Morgan fingerprint density at radius 3 is 2.21 bits per heavy atom. The second-order valence-electron chi connectivity index (χ2n) is 8.79. The number of hydrogen-bond acceptors (Lipinski definition) is 7. The molecule has 0 saturated carbocycles. The number of rotatable bonds is 10. The van der Waals surface area contributed by atoms with Crippen molar-refractivity contribution in [1.82, 2.24) is 0 Å². The summed E-state index contributed by atoms with van der Waals surface area (Å²) >= 11 is 0. The van der Waals surface area contributed by atoms with Crippen LogP contribution >= 0.6 is 0 Å². The molecule has 166 valence electrons. The van der Waals surface area contributed by atoms with E-state index in [0.717, 1.165) is 5.69 Å². The second kappa shape index (κ2) is 10.1. The van der Waals surface area contributed by atoms with Crippen molar-refractivity contribution in [2.24, 2.45) is 11.3 Å². The maximum atomic E-state index is 11.5. The van der Waals surface area contributed by atoms with Gasteiger partial charge in [-0.2, -0.15) is 0 Å². The van der Waals surface area contributed by atoms with Gasteiger partial charge in [0, 0.05) is 24.2 Å². The lowest BCUT2D eigenvalue weighted by molar-refractivity contribution is -0.0660. The zero-order chi connectivity index (χ0) is 21.7. The molecule has 1 heterocycles. The highest BCUT2D eigenvalue weighted by Gasteiger charge is 2.30. The SMILES string of the molecule is CC(C)C(O)C(C)(C)COCC(O)COc1ccc(N2CCS(=O)(=O)CC2)cc1. The Morgan fingerprint density at radius 2 is 1.66 bits per heavy atom. The van der Waals surface area contributed by atoms with Crippen molar-refractivity contribution < 1.29 is 28.1 Å². The van der Waals surface area contributed by atoms with Gasteiger partial charge in [-0.05, 0) is 30.2 Å². The van der Waals surface area contributed by atoms with Crippen molar-refractivity contribution in [3.05, 3.63) is 24.3 Å². The van der Waals surface area contributed by atoms with E-state index in [-0.39, 0.29) is 30.6 Å². The molecular weight excluding hydrogens is 394 g/mol. The Labute approximate surface area is 174 Å². The molecule has 2 rings (SSSR count). The van der Waals surface area contributed by atoms with E-state index >= 15 is 0 Å². The number of ether oxygens (including phenoxy) is 2. The van der Waals surface area contributed by atoms with Gasteiger partial charge in [-0.25, -0.2) is 8.42 Å². The summed E-state index contributed by atoms with van der Waals surface area (Å²) in [7, 11) is -2.90. The average Bonchev–Trinajstić information content (AvgIpc) is 2.66. The summed E-state index contributed by atoms with van der Waals surface area (Å²) in [5.41, 5.74) is 0.570. The molecule has 2 atom stereocenters. The summed E-state index contributed by atoms with van der Waals surface area (Å²) in [4.78, 5) is 2.04. The van der Waals surface area contributed by atoms with Crippen LogP contribution in [0.25, 0.3) is 0 Å². The van der Waals surface area contributed by atoms with Crippen LogP contribution in [0.3, 0.4) is 0 Å². The summed E-state index contributed by atoms with van der Waals surface area (Å²) in [6.07, 6.45) is -1.25. The molecule has 7 nitrogen and oxygen atoms in total. The molecule has 1 aliphatic rings. The van der Waals surface area contributed by atoms with E-state index < -0.39 is 27.5 Å². The maximum Gasteiger partial charge on any atom is 0.153 e. The van der Waals surface area contributed by atoms with Gasteiger partial charge >= 0.3 is 0 Å². The third-order valence-electron chi connectivity index (χ3n) is 5.21. The van der Waals surface area contributed by atoms with Crippen LogP contribution in [0.15, 0.2) is 24.3 Å². The lowest BCUT2D eigenvalue weighted by Crippen LogP contribution is -2.40. The molecule has 29 heavy (non-hydrogen) atoms. The molecule has 0 radical (unpaired) electrons. The van der Waals surface area contributed by atoms with E-state index in [2.05, 4.69) is 0 Å². The molecule has 1 aliphatic heterocycles. The van der Waals surface area contributed by atoms with Crippen LogP contribution in [0.4, 0.5) is 5.69 Å². The van der Waals surface area contributed by atoms with Crippen molar-refractivity contribution in [3.63, 3.8) is 0 Å². The number of anilines is 1. The number of sulfone groups is 1. The highest BCUT2D eigenvalue weighted by Crippen LogP contribution is 2.26. The number of hydrogen-bond donors (Lipinski definition) is 2. The molecule has 1 fully saturated rings. The van der Waals surface area contributed by atoms with Gasteiger partial charge < -0.3 is 24.6 Å². The van der Waals surface area contributed by atoms with Crippen molar-refractivity contribution in [1.29, 1.82) is 0 Å². The van der Waals surface area contributed by atoms with Gasteiger partial charge in [-0.1, -0.05) is 27.7 Å². The highest BCUT2D eigenvalue weighted by atomic mass is 32.2. The number of aliphatic hydroxyl groups is 2. The average molecular weight is 430 g/mol. The van der Waals surface area contributed by atoms with Crippen LogP contribution in [-0.2, 0) is 14.6 Å². The minimum absolute atomic E-state index is 0.106. The summed E-state index contributed by atoms with van der Waals surface area (Å²) in [5.74, 6) is 1.14. The van der Waals surface area contributed by atoms with Gasteiger partial charge in [-0.3, -0.25) is 0 Å². The van der Waals surface area contributed by atoms with Gasteiger partial charge in [0.25, 0.3) is 0 Å². The molecular formula is C21H35NO6S. The van der Waals surface area contributed by atoms with E-state index in [1.54, 1.807) is 0 Å². The van der Waals surface area contributed by atoms with E-state index in [1.165, 1.54) is 0 Å². The van der Waals surface area contributed by atoms with E-state index in [0.29, 0.717) is 25.4 Å². The largest absolute Gasteiger partial charge is 0.491 e. The van der Waals surface area contributed by atoms with Gasteiger partial charge in [0.05, 0.1) is 30.8 Å². The first-order valence-corrected chi connectivity index (χ1v) is 11.9. The Balaban J connectivity index is 1.73. The van der Waals surface area contributed by atoms with E-state index in [9.17, 15) is 18.6 Å². The molecule has 1 aromatic carbocycles. The topological polar surface area (TPSA) is 96.3 Å². The van der Waals surface area contributed by atoms with Crippen LogP contribution in [-0.4, -0.2) is 75.3 Å². The molecule has 1 aromatic rings. The first kappa shape index (κ1) is 23.9. The van der Waals surface area contributed by atoms with Crippen LogP contribution in [0, 0.1) is 11.3 Å². The third-order valence-corrected chi connectivity index (χ3v) is 6.81. The Hall–Kier alpha value is -1.35. The normalized spacial score (nSPS) is 19.2. The van der Waals surface area contributed by atoms with Crippen molar-refractivity contribution in [2.75, 3.05) is 49.3 Å². The molecule has 2 unspecified atom stereocenters. The molecule has 0 aliphatic carbocycles. The van der Waals surface area contributed by atoms with Crippen molar-refractivity contribution in [2.45, 2.75) is 39.9 Å². The van der Waals surface area contributed by atoms with Crippen LogP contribution < -0.4 is 9.64 Å².